The van der Waals surface area contributed by atoms with E-state index in [2.05, 4.69) is 12.6 Å². The number of benzene rings is 2. The number of hydrogen-bond acceptors (Lipinski definition) is 6. The lowest BCUT2D eigenvalue weighted by molar-refractivity contribution is -0.591. The Morgan fingerprint density at radius 3 is 2.73 bits per heavy atom. The monoisotopic (exact) mass is 465 g/mol. The van der Waals surface area contributed by atoms with Crippen molar-refractivity contribution in [3.05, 3.63) is 83.7 Å². The van der Waals surface area contributed by atoms with Gasteiger partial charge in [-0.05, 0) is 29.8 Å². The molecule has 1 aliphatic heterocycles. The molecule has 0 N–H and O–H groups in total. The maximum Gasteiger partial charge on any atom is 0.507 e. The second-order valence-electron chi connectivity index (χ2n) is 7.42. The number of rotatable bonds is 7. The summed E-state index contributed by atoms with van der Waals surface area (Å²) in [6.45, 7) is 0.551. The van der Waals surface area contributed by atoms with Crippen LogP contribution < -0.4 is 19.3 Å². The van der Waals surface area contributed by atoms with Crippen LogP contribution in [-0.2, 0) is 16.1 Å². The maximum absolute atomic E-state index is 12.9. The van der Waals surface area contributed by atoms with Crippen LogP contribution >= 0.6 is 12.6 Å². The summed E-state index contributed by atoms with van der Waals surface area (Å²) in [6, 6.07) is 19.4. The molecule has 2 amide bonds. The fourth-order valence-corrected chi connectivity index (χ4v) is 3.74. The first-order valence-electron chi connectivity index (χ1n) is 10.5. The van der Waals surface area contributed by atoms with Crippen LogP contribution in [0.25, 0.3) is 0 Å². The lowest BCUT2D eigenvalue weighted by Crippen LogP contribution is -2.44. The molecule has 3 aromatic rings. The standard InChI is InChI=1S/C24H23N3O5S/c28-23-17-31-21-15-19(33)10-11-20(21)25(23)12-6-13-26(22-9-4-5-14-27(22)30)24(29)32-16-18-7-2-1-3-8-18/h1-5,7-11,14-15,33H,6,12-13,16-17H2. The van der Waals surface area contributed by atoms with Gasteiger partial charge in [0.05, 0.1) is 18.4 Å². The van der Waals surface area contributed by atoms with Crippen LogP contribution in [0.5, 0.6) is 5.75 Å². The number of aromatic nitrogens is 1. The smallest absolute Gasteiger partial charge is 0.507 e. The van der Waals surface area contributed by atoms with Crippen molar-refractivity contribution in [3.63, 3.8) is 0 Å². The van der Waals surface area contributed by atoms with Gasteiger partial charge in [-0.15, -0.1) is 12.6 Å². The molecule has 0 spiro atoms. The zero-order valence-corrected chi connectivity index (χ0v) is 18.7. The molecule has 1 aliphatic rings. The SMILES string of the molecule is O=C1COc2cc(S)ccc2N1CCCN(C(=O)OCc1ccccc1)c1cccc[n+]1[O-]. The molecule has 0 unspecified atom stereocenters. The molecule has 0 saturated heterocycles. The lowest BCUT2D eigenvalue weighted by atomic mass is 10.2. The summed E-state index contributed by atoms with van der Waals surface area (Å²) in [5.41, 5.74) is 1.49. The van der Waals surface area contributed by atoms with Crippen molar-refractivity contribution in [2.45, 2.75) is 17.9 Å². The summed E-state index contributed by atoms with van der Waals surface area (Å²) in [5, 5.41) is 12.3. The van der Waals surface area contributed by atoms with E-state index in [1.54, 1.807) is 41.3 Å². The molecule has 0 saturated carbocycles. The number of fused-ring (bicyclic) bond motifs is 1. The minimum Gasteiger partial charge on any atom is -0.711 e. The van der Waals surface area contributed by atoms with Crippen molar-refractivity contribution in [1.29, 1.82) is 0 Å². The molecular formula is C24H23N3O5S. The predicted molar refractivity (Wildman–Crippen MR) is 126 cm³/mol. The third-order valence-electron chi connectivity index (χ3n) is 5.16. The Hall–Kier alpha value is -3.72. The van der Waals surface area contributed by atoms with E-state index in [1.165, 1.54) is 11.1 Å². The molecule has 9 heteroatoms. The fraction of sp³-hybridized carbons (Fsp3) is 0.208. The zero-order chi connectivity index (χ0) is 23.2. The van der Waals surface area contributed by atoms with E-state index < -0.39 is 6.09 Å². The van der Waals surface area contributed by atoms with Crippen molar-refractivity contribution in [3.8, 4) is 5.75 Å². The Morgan fingerprint density at radius 1 is 1.15 bits per heavy atom. The summed E-state index contributed by atoms with van der Waals surface area (Å²) in [7, 11) is 0. The zero-order valence-electron chi connectivity index (χ0n) is 17.8. The van der Waals surface area contributed by atoms with Gasteiger partial charge in [0.15, 0.2) is 6.61 Å². The first kappa shape index (κ1) is 22.5. The molecule has 0 bridgehead atoms. The molecule has 2 heterocycles. The number of carbonyl (C=O) groups excluding carboxylic acids is 2. The van der Waals surface area contributed by atoms with Crippen LogP contribution in [0.1, 0.15) is 12.0 Å². The van der Waals surface area contributed by atoms with Gasteiger partial charge in [0.2, 0.25) is 0 Å². The third-order valence-corrected chi connectivity index (χ3v) is 5.43. The molecular weight excluding hydrogens is 442 g/mol. The average molecular weight is 466 g/mol. The van der Waals surface area contributed by atoms with Crippen LogP contribution in [0.2, 0.25) is 0 Å². The molecule has 8 nitrogen and oxygen atoms in total. The Morgan fingerprint density at radius 2 is 1.94 bits per heavy atom. The number of amides is 2. The van der Waals surface area contributed by atoms with Gasteiger partial charge in [-0.1, -0.05) is 36.4 Å². The highest BCUT2D eigenvalue weighted by Crippen LogP contribution is 2.34. The Bertz CT molecular complexity index is 1140. The van der Waals surface area contributed by atoms with Crippen LogP contribution in [0, 0.1) is 5.21 Å². The van der Waals surface area contributed by atoms with Gasteiger partial charge in [0.1, 0.15) is 12.4 Å². The molecule has 4 rings (SSSR count). The first-order valence-corrected chi connectivity index (χ1v) is 10.9. The van der Waals surface area contributed by atoms with Gasteiger partial charge in [-0.25, -0.2) is 4.73 Å². The largest absolute Gasteiger partial charge is 0.711 e. The molecule has 2 aromatic carbocycles. The van der Waals surface area contributed by atoms with E-state index in [4.69, 9.17) is 9.47 Å². The molecule has 1 aromatic heterocycles. The van der Waals surface area contributed by atoms with E-state index in [0.717, 1.165) is 10.5 Å². The van der Waals surface area contributed by atoms with E-state index in [1.807, 2.05) is 30.3 Å². The van der Waals surface area contributed by atoms with Gasteiger partial charge in [0, 0.05) is 23.9 Å². The molecule has 0 aliphatic carbocycles. The molecule has 170 valence electrons. The van der Waals surface area contributed by atoms with Crippen LogP contribution in [0.4, 0.5) is 16.3 Å². The van der Waals surface area contributed by atoms with Gasteiger partial charge in [-0.2, -0.15) is 9.69 Å². The number of ether oxygens (including phenoxy) is 2. The topological polar surface area (TPSA) is 86.0 Å². The number of nitrogens with zero attached hydrogens (tertiary/aromatic N) is 3. The van der Waals surface area contributed by atoms with Gasteiger partial charge < -0.3 is 19.6 Å². The van der Waals surface area contributed by atoms with E-state index in [0.29, 0.717) is 29.1 Å². The molecule has 0 fully saturated rings. The van der Waals surface area contributed by atoms with Crippen LogP contribution in [0.15, 0.2) is 77.8 Å². The Labute approximate surface area is 196 Å². The second kappa shape index (κ2) is 10.3. The van der Waals surface area contributed by atoms with Gasteiger partial charge >= 0.3 is 6.09 Å². The quantitative estimate of drug-likeness (QED) is 0.328. The van der Waals surface area contributed by atoms with Crippen molar-refractivity contribution in [2.75, 3.05) is 29.5 Å². The second-order valence-corrected chi connectivity index (χ2v) is 7.93. The fourth-order valence-electron chi connectivity index (χ4n) is 3.55. The Balaban J connectivity index is 1.46. The van der Waals surface area contributed by atoms with Gasteiger partial charge in [0.25, 0.3) is 11.7 Å². The molecule has 33 heavy (non-hydrogen) atoms. The summed E-state index contributed by atoms with van der Waals surface area (Å²) in [6.07, 6.45) is 1.11. The summed E-state index contributed by atoms with van der Waals surface area (Å²) in [5.74, 6) is 0.567. The highest BCUT2D eigenvalue weighted by molar-refractivity contribution is 7.80. The summed E-state index contributed by atoms with van der Waals surface area (Å²) < 4.78 is 11.6. The minimum atomic E-state index is -0.636. The van der Waals surface area contributed by atoms with Crippen LogP contribution in [0.3, 0.4) is 0 Å². The number of hydrogen-bond donors (Lipinski definition) is 1. The van der Waals surface area contributed by atoms with E-state index >= 15 is 0 Å². The highest BCUT2D eigenvalue weighted by atomic mass is 32.1. The maximum atomic E-state index is 12.9. The predicted octanol–water partition coefficient (Wildman–Crippen LogP) is 3.57. The molecule has 0 atom stereocenters. The third kappa shape index (κ3) is 5.38. The highest BCUT2D eigenvalue weighted by Gasteiger charge is 2.29. The summed E-state index contributed by atoms with van der Waals surface area (Å²) in [4.78, 5) is 29.0. The number of anilines is 2. The van der Waals surface area contributed by atoms with Crippen molar-refractivity contribution in [1.82, 2.24) is 0 Å². The normalized spacial score (nSPS) is 12.6. The van der Waals surface area contributed by atoms with Crippen molar-refractivity contribution < 1.29 is 23.8 Å². The van der Waals surface area contributed by atoms with E-state index in [-0.39, 0.29) is 31.5 Å². The van der Waals surface area contributed by atoms with Crippen LogP contribution in [-0.4, -0.2) is 31.7 Å². The summed E-state index contributed by atoms with van der Waals surface area (Å²) >= 11 is 4.31. The average Bonchev–Trinajstić information content (AvgIpc) is 2.83. The number of thiol groups is 1. The van der Waals surface area contributed by atoms with Crippen molar-refractivity contribution >= 4 is 36.1 Å². The van der Waals surface area contributed by atoms with E-state index in [9.17, 15) is 14.8 Å². The van der Waals surface area contributed by atoms with Crippen molar-refractivity contribution in [2.24, 2.45) is 0 Å². The Kier molecular flexibility index (Phi) is 6.99. The first-order chi connectivity index (χ1) is 16.0. The lowest BCUT2D eigenvalue weighted by Gasteiger charge is -2.29. The van der Waals surface area contributed by atoms with Gasteiger partial charge in [-0.3, -0.25) is 4.79 Å². The number of pyridine rings is 1. The minimum absolute atomic E-state index is 0.0632. The molecule has 0 radical (unpaired) electrons. The number of carbonyl (C=O) groups is 2.